The molecule has 0 aromatic heterocycles. The quantitative estimate of drug-likeness (QED) is 0.344. The molecule has 0 amide bonds. The van der Waals surface area contributed by atoms with Gasteiger partial charge in [-0.15, -0.1) is 4.71 Å². The third kappa shape index (κ3) is 4.03. The topological polar surface area (TPSA) is 3.24 Å². The van der Waals surface area contributed by atoms with Crippen molar-refractivity contribution >= 4 is 21.5 Å². The molecule has 5 rings (SSSR count). The molecule has 0 bridgehead atoms. The molecule has 1 heterocycles. The van der Waals surface area contributed by atoms with Gasteiger partial charge in [0.15, 0.2) is 0 Å². The fourth-order valence-corrected chi connectivity index (χ4v) is 5.38. The highest BCUT2D eigenvalue weighted by Gasteiger charge is 2.43. The van der Waals surface area contributed by atoms with Gasteiger partial charge in [-0.05, 0) is 57.5 Å². The van der Waals surface area contributed by atoms with E-state index < -0.39 is 0 Å². The average Bonchev–Trinajstić information content (AvgIpc) is 2.82. The Hall–Kier alpha value is -2.75. The van der Waals surface area contributed by atoms with E-state index in [9.17, 15) is 0 Å². The zero-order valence-corrected chi connectivity index (χ0v) is 19.0. The number of piperazine rings is 1. The van der Waals surface area contributed by atoms with Gasteiger partial charge in [0.05, 0.1) is 12.6 Å². The summed E-state index contributed by atoms with van der Waals surface area (Å²) in [5, 5.41) is 5.02. The number of hydrogen-bond donors (Lipinski definition) is 0. The van der Waals surface area contributed by atoms with Crippen molar-refractivity contribution in [2.75, 3.05) is 26.7 Å². The second-order valence-corrected chi connectivity index (χ2v) is 9.50. The van der Waals surface area contributed by atoms with Crippen LogP contribution in [-0.4, -0.2) is 48.4 Å². The van der Waals surface area contributed by atoms with E-state index in [1.807, 2.05) is 0 Å². The molecule has 1 aliphatic rings. The number of fused-ring (bicyclic) bond motifs is 2. The summed E-state index contributed by atoms with van der Waals surface area (Å²) in [6, 6.07) is 30.0. The van der Waals surface area contributed by atoms with E-state index in [2.05, 4.69) is 104 Å². The van der Waals surface area contributed by atoms with Crippen molar-refractivity contribution < 1.29 is 9.19 Å². The molecule has 4 aromatic carbocycles. The van der Waals surface area contributed by atoms with E-state index in [0.717, 1.165) is 19.4 Å². The molecule has 0 saturated carbocycles. The first kappa shape index (κ1) is 21.1. The van der Waals surface area contributed by atoms with Crippen molar-refractivity contribution in [2.45, 2.75) is 31.8 Å². The van der Waals surface area contributed by atoms with Crippen LogP contribution in [0.3, 0.4) is 0 Å². The smallest absolute Gasteiger partial charge is 0.131 e. The van der Waals surface area contributed by atoms with Crippen molar-refractivity contribution in [1.82, 2.24) is 4.90 Å². The summed E-state index contributed by atoms with van der Waals surface area (Å²) < 4.78 is 16.0. The molecule has 0 N–H and O–H groups in total. The summed E-state index contributed by atoms with van der Waals surface area (Å²) in [5.41, 5.74) is 2.56. The summed E-state index contributed by atoms with van der Waals surface area (Å²) in [5.74, 6) is 0. The van der Waals surface area contributed by atoms with Gasteiger partial charge in [-0.2, -0.15) is 0 Å². The molecule has 1 saturated heterocycles. The molecule has 164 valence electrons. The predicted octanol–water partition coefficient (Wildman–Crippen LogP) is 6.18. The van der Waals surface area contributed by atoms with Crippen LogP contribution in [0.5, 0.6) is 0 Å². The summed E-state index contributed by atoms with van der Waals surface area (Å²) in [6.45, 7) is 3.95. The lowest BCUT2D eigenvalue weighted by Gasteiger charge is -2.43. The lowest BCUT2D eigenvalue weighted by Crippen LogP contribution is -2.62. The first-order valence-corrected chi connectivity index (χ1v) is 11.7. The van der Waals surface area contributed by atoms with Gasteiger partial charge in [0.25, 0.3) is 0 Å². The molecular formula is C29H32FN2+. The van der Waals surface area contributed by atoms with Crippen molar-refractivity contribution in [1.29, 1.82) is 0 Å². The largest absolute Gasteiger partial charge is 0.292 e. The second kappa shape index (κ2) is 8.65. The maximum absolute atomic E-state index is 16.4. The Balaban J connectivity index is 1.37. The number of rotatable bonds is 5. The molecule has 0 aliphatic carbocycles. The van der Waals surface area contributed by atoms with Crippen LogP contribution < -0.4 is 0 Å². The number of benzene rings is 4. The van der Waals surface area contributed by atoms with Crippen LogP contribution in [0.4, 0.5) is 4.48 Å². The first-order valence-electron chi connectivity index (χ1n) is 11.7. The zero-order valence-electron chi connectivity index (χ0n) is 19.0. The van der Waals surface area contributed by atoms with Crippen LogP contribution in [0.1, 0.15) is 18.1 Å². The highest BCUT2D eigenvalue weighted by molar-refractivity contribution is 5.86. The molecule has 32 heavy (non-hydrogen) atoms. The third-order valence-corrected chi connectivity index (χ3v) is 7.48. The van der Waals surface area contributed by atoms with Crippen LogP contribution in [-0.2, 0) is 12.8 Å². The molecule has 1 aliphatic heterocycles. The van der Waals surface area contributed by atoms with Crippen LogP contribution >= 0.6 is 0 Å². The molecule has 0 spiro atoms. The number of quaternary nitrogens is 1. The lowest BCUT2D eigenvalue weighted by molar-refractivity contribution is -1.08. The highest BCUT2D eigenvalue weighted by atomic mass is 19.2. The zero-order chi connectivity index (χ0) is 22.1. The first-order chi connectivity index (χ1) is 15.5. The number of hydrogen-bond acceptors (Lipinski definition) is 1. The average molecular weight is 428 g/mol. The molecule has 1 fully saturated rings. The van der Waals surface area contributed by atoms with Gasteiger partial charge < -0.3 is 0 Å². The van der Waals surface area contributed by atoms with Crippen LogP contribution in [0, 0.1) is 0 Å². The molecular weight excluding hydrogens is 395 g/mol. The molecule has 2 nitrogen and oxygen atoms in total. The Morgan fingerprint density at radius 1 is 0.844 bits per heavy atom. The molecule has 0 radical (unpaired) electrons. The van der Waals surface area contributed by atoms with Crippen molar-refractivity contribution in [2.24, 2.45) is 0 Å². The SMILES string of the molecule is CC(Cc1cccc2ccccc12)[N+]1(F)CCN(C)C(Cc2cccc3ccccc23)C1. The normalized spacial score (nSPS) is 22.9. The van der Waals surface area contributed by atoms with Crippen LogP contribution in [0.25, 0.3) is 21.5 Å². The van der Waals surface area contributed by atoms with Gasteiger partial charge >= 0.3 is 0 Å². The van der Waals surface area contributed by atoms with Gasteiger partial charge in [0.2, 0.25) is 0 Å². The van der Waals surface area contributed by atoms with Crippen molar-refractivity contribution in [3.63, 3.8) is 0 Å². The van der Waals surface area contributed by atoms with Crippen molar-refractivity contribution in [3.8, 4) is 0 Å². The van der Waals surface area contributed by atoms with Gasteiger partial charge in [-0.3, -0.25) is 4.90 Å². The van der Waals surface area contributed by atoms with E-state index in [1.165, 1.54) is 32.7 Å². The Bertz CT molecular complexity index is 1230. The van der Waals surface area contributed by atoms with Crippen LogP contribution in [0.15, 0.2) is 84.9 Å². The fraction of sp³-hybridized carbons (Fsp3) is 0.310. The summed E-state index contributed by atoms with van der Waals surface area (Å²) in [7, 11) is 2.15. The van der Waals surface area contributed by atoms with Gasteiger partial charge in [0.1, 0.15) is 19.1 Å². The van der Waals surface area contributed by atoms with E-state index in [0.29, 0.717) is 13.1 Å². The highest BCUT2D eigenvalue weighted by Crippen LogP contribution is 2.29. The van der Waals surface area contributed by atoms with E-state index in [1.54, 1.807) is 0 Å². The standard InChI is InChI=1S/C29H32FN2/c1-22(19-25-13-7-11-23-9-3-5-15-28(23)25)32(30)18-17-31(2)27(21-32)20-26-14-8-12-24-10-4-6-16-29(24)26/h3-16,22,27H,17-21H2,1-2H3/q+1. The molecule has 3 unspecified atom stereocenters. The minimum Gasteiger partial charge on any atom is -0.292 e. The predicted molar refractivity (Wildman–Crippen MR) is 132 cm³/mol. The van der Waals surface area contributed by atoms with Gasteiger partial charge in [-0.25, -0.2) is 0 Å². The summed E-state index contributed by atoms with van der Waals surface area (Å²) in [4.78, 5) is 2.35. The van der Waals surface area contributed by atoms with E-state index in [-0.39, 0.29) is 16.8 Å². The number of halogens is 1. The summed E-state index contributed by atoms with van der Waals surface area (Å²) >= 11 is 0. The lowest BCUT2D eigenvalue weighted by atomic mass is 9.95. The Labute approximate surface area is 190 Å². The van der Waals surface area contributed by atoms with Crippen molar-refractivity contribution in [3.05, 3.63) is 96.1 Å². The van der Waals surface area contributed by atoms with Crippen LogP contribution in [0.2, 0.25) is 0 Å². The molecule has 4 aromatic rings. The molecule has 3 heteroatoms. The van der Waals surface area contributed by atoms with E-state index in [4.69, 9.17) is 0 Å². The molecule has 3 atom stereocenters. The number of likely N-dealkylation sites (N-methyl/N-ethyl adjacent to an activating group) is 1. The van der Waals surface area contributed by atoms with Gasteiger partial charge in [-0.1, -0.05) is 84.9 Å². The maximum Gasteiger partial charge on any atom is 0.131 e. The Morgan fingerprint density at radius 2 is 1.41 bits per heavy atom. The Morgan fingerprint density at radius 3 is 2.09 bits per heavy atom. The van der Waals surface area contributed by atoms with Gasteiger partial charge in [0, 0.05) is 6.42 Å². The van der Waals surface area contributed by atoms with E-state index >= 15 is 4.48 Å². The second-order valence-electron chi connectivity index (χ2n) is 9.50. The summed E-state index contributed by atoms with van der Waals surface area (Å²) in [6.07, 6.45) is 1.63. The minimum atomic E-state index is -0.358. The fourth-order valence-electron chi connectivity index (χ4n) is 5.38. The third-order valence-electron chi connectivity index (χ3n) is 7.48. The Kier molecular flexibility index (Phi) is 5.71. The minimum absolute atomic E-state index is 0.0791. The number of nitrogens with zero attached hydrogens (tertiary/aromatic N) is 2. The monoisotopic (exact) mass is 427 g/mol. The maximum atomic E-state index is 16.4.